The molecule has 1 aromatic carbocycles. The summed E-state index contributed by atoms with van der Waals surface area (Å²) in [7, 11) is 0.893. The van der Waals surface area contributed by atoms with Gasteiger partial charge in [0.2, 0.25) is 18.1 Å². The number of ether oxygens (including phenoxy) is 12. The van der Waals surface area contributed by atoms with Gasteiger partial charge in [0.25, 0.3) is 9.58 Å². The van der Waals surface area contributed by atoms with Gasteiger partial charge in [-0.25, -0.2) is 4.79 Å². The fraction of sp³-hybridized carbons (Fsp3) is 0.615. The quantitative estimate of drug-likeness (QED) is 0.0700. The number of carbonyl (C=O) groups is 8. The lowest BCUT2D eigenvalue weighted by atomic mass is 9.87. The fourth-order valence-corrected chi connectivity index (χ4v) is 6.82. The van der Waals surface area contributed by atoms with Gasteiger partial charge in [-0.15, -0.1) is 0 Å². The second-order valence-corrected chi connectivity index (χ2v) is 16.4. The van der Waals surface area contributed by atoms with Crippen LogP contribution in [-0.4, -0.2) is 145 Å². The number of esters is 7. The summed E-state index contributed by atoms with van der Waals surface area (Å²) >= 11 is 17.8. The van der Waals surface area contributed by atoms with Gasteiger partial charge in [-0.2, -0.15) is 0 Å². The van der Waals surface area contributed by atoms with Crippen molar-refractivity contribution in [3.8, 4) is 0 Å². The highest BCUT2D eigenvalue weighted by Gasteiger charge is 2.63. The Kier molecular flexibility index (Phi) is 20.0. The highest BCUT2D eigenvalue weighted by Crippen LogP contribution is 2.42. The summed E-state index contributed by atoms with van der Waals surface area (Å²) in [5.74, 6) is -12.2. The zero-order valence-corrected chi connectivity index (χ0v) is 38.1. The number of hydrogen-bond donors (Lipinski definition) is 2. The minimum atomic E-state index is -2.98. The Bertz CT molecular complexity index is 1870. The number of nitrogens with one attached hydrogen (secondary N) is 2. The van der Waals surface area contributed by atoms with Crippen molar-refractivity contribution in [2.24, 2.45) is 0 Å². The van der Waals surface area contributed by atoms with E-state index in [1.807, 2.05) is 0 Å². The first kappa shape index (κ1) is 53.5. The van der Waals surface area contributed by atoms with Crippen LogP contribution in [0.1, 0.15) is 60.5 Å². The van der Waals surface area contributed by atoms with Crippen LogP contribution >= 0.6 is 34.8 Å². The number of halogens is 3. The lowest BCUT2D eigenvalue weighted by Crippen LogP contribution is -2.72. The predicted molar refractivity (Wildman–Crippen MR) is 215 cm³/mol. The first-order valence-corrected chi connectivity index (χ1v) is 20.3. The van der Waals surface area contributed by atoms with Crippen LogP contribution < -0.4 is 5.32 Å². The largest absolute Gasteiger partial charge is 0.465 e. The van der Waals surface area contributed by atoms with Gasteiger partial charge in [0.1, 0.15) is 31.0 Å². The number of benzene rings is 1. The highest BCUT2D eigenvalue weighted by molar-refractivity contribution is 6.76. The van der Waals surface area contributed by atoms with Crippen LogP contribution in [0.2, 0.25) is 0 Å². The first-order valence-electron chi connectivity index (χ1n) is 19.2. The molecule has 1 unspecified atom stereocenters. The van der Waals surface area contributed by atoms with E-state index in [1.165, 1.54) is 0 Å². The summed E-state index contributed by atoms with van der Waals surface area (Å²) in [5, 5.41) is 10.9. The molecular weight excluding hydrogens is 923 g/mol. The van der Waals surface area contributed by atoms with E-state index >= 15 is 0 Å². The van der Waals surface area contributed by atoms with Crippen LogP contribution in [0.25, 0.3) is 0 Å². The number of rotatable bonds is 18. The molecule has 2 heterocycles. The minimum Gasteiger partial charge on any atom is -0.465 e. The Labute approximate surface area is 381 Å². The molecule has 2 aliphatic rings. The van der Waals surface area contributed by atoms with E-state index in [-0.39, 0.29) is 6.61 Å². The van der Waals surface area contributed by atoms with Gasteiger partial charge in [0.15, 0.2) is 24.4 Å². The standard InChI is InChI=1S/C39H49Cl3N2O20/c1-18(45)44-29-26(56-20(3)47)14-38(37(52)53-8,63-32(29)30(58-22(5)49)28(57-21(4)48)17-55-19(2)46)64-33-31(59-23(6)50)27(16-54-15-25-12-10-9-11-13-25)61-35(34(33)60-24(7)51)62-36(43)39(40,41)42/h9-13,26-35,43H,14-17H2,1-8H3,(H,44,45)/t26-,27+,28+,29+,30+,31-,32+,33-,34+,35?,38-/m0/s1. The fourth-order valence-electron chi connectivity index (χ4n) is 6.68. The van der Waals surface area contributed by atoms with Crippen LogP contribution in [0.3, 0.4) is 0 Å². The lowest BCUT2D eigenvalue weighted by Gasteiger charge is -2.51. The summed E-state index contributed by atoms with van der Waals surface area (Å²) in [4.78, 5) is 103. The maximum atomic E-state index is 14.4. The van der Waals surface area contributed by atoms with Gasteiger partial charge in [0, 0.05) is 48.5 Å². The molecule has 2 fully saturated rings. The summed E-state index contributed by atoms with van der Waals surface area (Å²) in [6.45, 7) is 5.62. The predicted octanol–water partition coefficient (Wildman–Crippen LogP) is 2.06. The van der Waals surface area contributed by atoms with Gasteiger partial charge in [-0.3, -0.25) is 39.0 Å². The number of alkyl halides is 3. The summed E-state index contributed by atoms with van der Waals surface area (Å²) in [5.41, 5.74) is 0.693. The molecule has 1 amide bonds. The second kappa shape index (κ2) is 23.9. The third-order valence-electron chi connectivity index (χ3n) is 8.90. The molecule has 2 saturated heterocycles. The second-order valence-electron chi connectivity index (χ2n) is 14.1. The van der Waals surface area contributed by atoms with E-state index in [4.69, 9.17) is 97.1 Å². The Hall–Kier alpha value is -4.84. The average molecular weight is 972 g/mol. The molecule has 0 radical (unpaired) electrons. The molecule has 2 aliphatic heterocycles. The molecule has 0 aliphatic carbocycles. The molecule has 64 heavy (non-hydrogen) atoms. The zero-order valence-electron chi connectivity index (χ0n) is 35.8. The Morgan fingerprint density at radius 2 is 1.39 bits per heavy atom. The zero-order chi connectivity index (χ0) is 48.1. The van der Waals surface area contributed by atoms with E-state index in [0.29, 0.717) is 5.56 Å². The van der Waals surface area contributed by atoms with Crippen molar-refractivity contribution in [1.82, 2.24) is 5.32 Å². The van der Waals surface area contributed by atoms with Crippen molar-refractivity contribution in [3.05, 3.63) is 35.9 Å². The van der Waals surface area contributed by atoms with Gasteiger partial charge >= 0.3 is 41.8 Å². The van der Waals surface area contributed by atoms with Gasteiger partial charge in [-0.1, -0.05) is 65.1 Å². The monoisotopic (exact) mass is 970 g/mol. The molecule has 0 saturated carbocycles. The Balaban J connectivity index is 2.39. The molecule has 2 N–H and O–H groups in total. The van der Waals surface area contributed by atoms with Crippen LogP contribution in [0.15, 0.2) is 30.3 Å². The molecule has 0 bridgehead atoms. The summed E-state index contributed by atoms with van der Waals surface area (Å²) < 4.78 is 66.2. The Morgan fingerprint density at radius 3 is 1.91 bits per heavy atom. The van der Waals surface area contributed by atoms with E-state index in [0.717, 1.165) is 55.6 Å². The average Bonchev–Trinajstić information content (AvgIpc) is 3.17. The van der Waals surface area contributed by atoms with Crippen LogP contribution in [0, 0.1) is 5.41 Å². The molecule has 25 heteroatoms. The molecule has 356 valence electrons. The van der Waals surface area contributed by atoms with Gasteiger partial charge < -0.3 is 62.2 Å². The molecule has 0 aromatic heterocycles. The number of amides is 1. The molecule has 0 spiro atoms. The van der Waals surface area contributed by atoms with E-state index in [2.05, 4.69) is 5.32 Å². The van der Waals surface area contributed by atoms with Crippen molar-refractivity contribution in [3.63, 3.8) is 0 Å². The minimum absolute atomic E-state index is 0.0399. The molecule has 11 atom stereocenters. The number of carbonyl (C=O) groups excluding carboxylic acids is 8. The number of methoxy groups -OCH3 is 1. The van der Waals surface area contributed by atoms with Crippen molar-refractivity contribution in [1.29, 1.82) is 5.41 Å². The highest BCUT2D eigenvalue weighted by atomic mass is 35.6. The lowest BCUT2D eigenvalue weighted by molar-refractivity contribution is -0.366. The van der Waals surface area contributed by atoms with E-state index in [1.54, 1.807) is 30.3 Å². The SMILES string of the molecule is COC(=O)[C@@]1(O[C@H]2[C@@H](OC(C)=O)[C@@H](COCc3ccccc3)OC(OC(=N)C(Cl)(Cl)Cl)[C@@H]2OC(C)=O)C[C@H](OC(C)=O)[C@@H](NC(C)=O)[C@H]([C@H](OC(C)=O)[C@@H](COC(C)=O)OC(C)=O)O1. The third kappa shape index (κ3) is 15.7. The topological polar surface area (TPSA) is 283 Å². The Morgan fingerprint density at radius 1 is 0.797 bits per heavy atom. The molecular formula is C39H49Cl3N2O20. The molecule has 22 nitrogen and oxygen atoms in total. The van der Waals surface area contributed by atoms with E-state index < -0.39 is 144 Å². The summed E-state index contributed by atoms with van der Waals surface area (Å²) in [6.07, 6.45) is -17.6. The van der Waals surface area contributed by atoms with Crippen molar-refractivity contribution < 1.29 is 95.2 Å². The maximum absolute atomic E-state index is 14.4. The smallest absolute Gasteiger partial charge is 0.366 e. The van der Waals surface area contributed by atoms with Crippen LogP contribution in [0.5, 0.6) is 0 Å². The van der Waals surface area contributed by atoms with Crippen molar-refractivity contribution in [2.75, 3.05) is 20.3 Å². The van der Waals surface area contributed by atoms with E-state index in [9.17, 15) is 38.4 Å². The number of hydrogen-bond acceptors (Lipinski definition) is 21. The summed E-state index contributed by atoms with van der Waals surface area (Å²) in [6, 6.07) is 7.15. The molecule has 3 rings (SSSR count). The normalized spacial score (nSPS) is 26.4. The van der Waals surface area contributed by atoms with Crippen LogP contribution in [-0.2, 0) is 102 Å². The van der Waals surface area contributed by atoms with Crippen molar-refractivity contribution in [2.45, 2.75) is 132 Å². The van der Waals surface area contributed by atoms with Gasteiger partial charge in [-0.05, 0) is 5.56 Å². The van der Waals surface area contributed by atoms with Gasteiger partial charge in [0.05, 0.1) is 32.8 Å². The van der Waals surface area contributed by atoms with Crippen molar-refractivity contribution >= 4 is 88.4 Å². The maximum Gasteiger partial charge on any atom is 0.366 e. The third-order valence-corrected chi connectivity index (χ3v) is 9.42. The molecule has 1 aromatic rings. The first-order chi connectivity index (χ1) is 29.9. The van der Waals surface area contributed by atoms with Crippen LogP contribution in [0.4, 0.5) is 0 Å².